The SMILES string of the molecule is CC(=O)n1cc(N)c2ccccc21. The van der Waals surface area contributed by atoms with Crippen molar-refractivity contribution in [3.63, 3.8) is 0 Å². The second-order valence-corrected chi connectivity index (χ2v) is 2.99. The van der Waals surface area contributed by atoms with E-state index in [1.54, 1.807) is 10.8 Å². The molecule has 0 saturated heterocycles. The summed E-state index contributed by atoms with van der Waals surface area (Å²) >= 11 is 0. The lowest BCUT2D eigenvalue weighted by Crippen LogP contribution is -2.02. The van der Waals surface area contributed by atoms with Gasteiger partial charge in [0.1, 0.15) is 0 Å². The first kappa shape index (κ1) is 7.86. The molecular formula is C10H10N2O. The van der Waals surface area contributed by atoms with E-state index >= 15 is 0 Å². The molecule has 0 bridgehead atoms. The number of para-hydroxylation sites is 1. The van der Waals surface area contributed by atoms with Crippen molar-refractivity contribution in [2.75, 3.05) is 5.73 Å². The third-order valence-electron chi connectivity index (χ3n) is 2.08. The van der Waals surface area contributed by atoms with Crippen molar-refractivity contribution in [3.8, 4) is 0 Å². The van der Waals surface area contributed by atoms with Gasteiger partial charge in [0, 0.05) is 18.5 Å². The number of anilines is 1. The minimum atomic E-state index is -0.0205. The topological polar surface area (TPSA) is 48.0 Å². The molecule has 3 heteroatoms. The van der Waals surface area contributed by atoms with Crippen molar-refractivity contribution in [2.45, 2.75) is 6.92 Å². The van der Waals surface area contributed by atoms with Crippen LogP contribution in [-0.2, 0) is 0 Å². The highest BCUT2D eigenvalue weighted by molar-refractivity contribution is 5.98. The molecule has 1 heterocycles. The molecule has 3 nitrogen and oxygen atoms in total. The molecule has 0 unspecified atom stereocenters. The third kappa shape index (κ3) is 1.09. The Labute approximate surface area is 75.8 Å². The average Bonchev–Trinajstić information content (AvgIpc) is 2.45. The molecule has 2 aromatic rings. The average molecular weight is 174 g/mol. The van der Waals surface area contributed by atoms with Gasteiger partial charge >= 0.3 is 0 Å². The Balaban J connectivity index is 2.85. The van der Waals surface area contributed by atoms with E-state index < -0.39 is 0 Å². The van der Waals surface area contributed by atoms with Crippen LogP contribution in [0.5, 0.6) is 0 Å². The van der Waals surface area contributed by atoms with E-state index in [2.05, 4.69) is 0 Å². The summed E-state index contributed by atoms with van der Waals surface area (Å²) in [5, 5.41) is 0.928. The number of nitrogen functional groups attached to an aromatic ring is 1. The molecule has 1 aromatic heterocycles. The summed E-state index contributed by atoms with van der Waals surface area (Å²) in [7, 11) is 0. The second kappa shape index (κ2) is 2.62. The van der Waals surface area contributed by atoms with Gasteiger partial charge in [-0.25, -0.2) is 0 Å². The fourth-order valence-corrected chi connectivity index (χ4v) is 1.47. The van der Waals surface area contributed by atoms with Crippen LogP contribution in [0.4, 0.5) is 5.69 Å². The van der Waals surface area contributed by atoms with E-state index in [4.69, 9.17) is 5.73 Å². The summed E-state index contributed by atoms with van der Waals surface area (Å²) in [5.74, 6) is -0.0205. The number of hydrogen-bond acceptors (Lipinski definition) is 2. The first-order valence-corrected chi connectivity index (χ1v) is 4.06. The van der Waals surface area contributed by atoms with Crippen LogP contribution >= 0.6 is 0 Å². The van der Waals surface area contributed by atoms with Crippen molar-refractivity contribution >= 4 is 22.5 Å². The van der Waals surface area contributed by atoms with Crippen LogP contribution in [0, 0.1) is 0 Å². The van der Waals surface area contributed by atoms with Crippen LogP contribution in [0.15, 0.2) is 30.5 Å². The van der Waals surface area contributed by atoms with E-state index in [-0.39, 0.29) is 5.91 Å². The summed E-state index contributed by atoms with van der Waals surface area (Å²) in [6.07, 6.45) is 1.66. The van der Waals surface area contributed by atoms with Gasteiger partial charge in [0.05, 0.1) is 11.2 Å². The Morgan fingerprint density at radius 2 is 2.08 bits per heavy atom. The highest BCUT2D eigenvalue weighted by atomic mass is 16.1. The molecule has 2 rings (SSSR count). The fourth-order valence-electron chi connectivity index (χ4n) is 1.47. The summed E-state index contributed by atoms with van der Waals surface area (Å²) < 4.78 is 1.56. The monoisotopic (exact) mass is 174 g/mol. The maximum atomic E-state index is 11.2. The summed E-state index contributed by atoms with van der Waals surface area (Å²) in [5.41, 5.74) is 7.25. The molecule has 0 spiro atoms. The van der Waals surface area contributed by atoms with Crippen molar-refractivity contribution in [1.29, 1.82) is 0 Å². The Bertz CT molecular complexity index is 471. The highest BCUT2D eigenvalue weighted by Gasteiger charge is 2.06. The lowest BCUT2D eigenvalue weighted by Gasteiger charge is -1.96. The normalized spacial score (nSPS) is 10.5. The van der Waals surface area contributed by atoms with Gasteiger partial charge in [0.15, 0.2) is 0 Å². The van der Waals surface area contributed by atoms with E-state index in [1.807, 2.05) is 24.3 Å². The van der Waals surface area contributed by atoms with Crippen LogP contribution in [0.2, 0.25) is 0 Å². The number of fused-ring (bicyclic) bond motifs is 1. The second-order valence-electron chi connectivity index (χ2n) is 2.99. The van der Waals surface area contributed by atoms with Crippen molar-refractivity contribution in [3.05, 3.63) is 30.5 Å². The maximum Gasteiger partial charge on any atom is 0.228 e. The minimum absolute atomic E-state index is 0.0205. The summed E-state index contributed by atoms with van der Waals surface area (Å²) in [4.78, 5) is 11.2. The molecule has 0 fully saturated rings. The standard InChI is InChI=1S/C10H10N2O/c1-7(13)12-6-9(11)8-4-2-3-5-10(8)12/h2-6H,11H2,1H3. The fraction of sp³-hybridized carbons (Fsp3) is 0.100. The highest BCUT2D eigenvalue weighted by Crippen LogP contribution is 2.22. The van der Waals surface area contributed by atoms with E-state index in [0.717, 1.165) is 10.9 Å². The van der Waals surface area contributed by atoms with Crippen molar-refractivity contribution < 1.29 is 4.79 Å². The molecule has 0 aliphatic heterocycles. The number of aromatic nitrogens is 1. The van der Waals surface area contributed by atoms with Crippen LogP contribution in [0.25, 0.3) is 10.9 Å². The van der Waals surface area contributed by atoms with Gasteiger partial charge in [-0.3, -0.25) is 9.36 Å². The quantitative estimate of drug-likeness (QED) is 0.662. The Kier molecular flexibility index (Phi) is 1.59. The zero-order chi connectivity index (χ0) is 9.42. The molecule has 66 valence electrons. The van der Waals surface area contributed by atoms with Gasteiger partial charge in [-0.15, -0.1) is 0 Å². The summed E-state index contributed by atoms with van der Waals surface area (Å²) in [6, 6.07) is 7.58. The van der Waals surface area contributed by atoms with Crippen molar-refractivity contribution in [1.82, 2.24) is 4.57 Å². The molecule has 13 heavy (non-hydrogen) atoms. The maximum absolute atomic E-state index is 11.2. The zero-order valence-electron chi connectivity index (χ0n) is 7.32. The number of hydrogen-bond donors (Lipinski definition) is 1. The predicted octanol–water partition coefficient (Wildman–Crippen LogP) is 1.88. The number of carbonyl (C=O) groups excluding carboxylic acids is 1. The molecule has 0 amide bonds. The Morgan fingerprint density at radius 3 is 2.77 bits per heavy atom. The first-order valence-electron chi connectivity index (χ1n) is 4.06. The molecule has 0 radical (unpaired) electrons. The van der Waals surface area contributed by atoms with Gasteiger partial charge in [0.2, 0.25) is 5.91 Å². The molecule has 0 aliphatic carbocycles. The molecular weight excluding hydrogens is 164 g/mol. The van der Waals surface area contributed by atoms with Gasteiger partial charge < -0.3 is 5.73 Å². The lowest BCUT2D eigenvalue weighted by atomic mass is 10.2. The molecule has 0 aliphatic rings. The molecule has 0 saturated carbocycles. The minimum Gasteiger partial charge on any atom is -0.397 e. The van der Waals surface area contributed by atoms with Gasteiger partial charge in [0.25, 0.3) is 0 Å². The Hall–Kier alpha value is -1.77. The Morgan fingerprint density at radius 1 is 1.38 bits per heavy atom. The van der Waals surface area contributed by atoms with E-state index in [1.165, 1.54) is 6.92 Å². The zero-order valence-corrected chi connectivity index (χ0v) is 7.32. The van der Waals surface area contributed by atoms with Crippen LogP contribution < -0.4 is 5.73 Å². The van der Waals surface area contributed by atoms with Gasteiger partial charge in [-0.05, 0) is 6.07 Å². The number of rotatable bonds is 0. The number of nitrogens with zero attached hydrogens (tertiary/aromatic N) is 1. The number of nitrogens with two attached hydrogens (primary N) is 1. The van der Waals surface area contributed by atoms with Gasteiger partial charge in [-0.1, -0.05) is 18.2 Å². The number of carbonyl (C=O) groups is 1. The van der Waals surface area contributed by atoms with Crippen LogP contribution in [0.1, 0.15) is 11.7 Å². The van der Waals surface area contributed by atoms with E-state index in [9.17, 15) is 4.79 Å². The third-order valence-corrected chi connectivity index (χ3v) is 2.08. The molecule has 2 N–H and O–H groups in total. The molecule has 0 atom stereocenters. The van der Waals surface area contributed by atoms with Gasteiger partial charge in [-0.2, -0.15) is 0 Å². The lowest BCUT2D eigenvalue weighted by molar-refractivity contribution is 0.0942. The summed E-state index contributed by atoms with van der Waals surface area (Å²) in [6.45, 7) is 1.52. The van der Waals surface area contributed by atoms with Crippen LogP contribution in [-0.4, -0.2) is 10.5 Å². The predicted molar refractivity (Wildman–Crippen MR) is 52.7 cm³/mol. The largest absolute Gasteiger partial charge is 0.397 e. The van der Waals surface area contributed by atoms with Crippen LogP contribution in [0.3, 0.4) is 0 Å². The van der Waals surface area contributed by atoms with Crippen molar-refractivity contribution in [2.24, 2.45) is 0 Å². The number of benzene rings is 1. The molecule has 1 aromatic carbocycles. The first-order chi connectivity index (χ1) is 6.20. The smallest absolute Gasteiger partial charge is 0.228 e. The van der Waals surface area contributed by atoms with E-state index in [0.29, 0.717) is 5.69 Å².